The molecule has 23 heavy (non-hydrogen) atoms. The van der Waals surface area contributed by atoms with Crippen LogP contribution in [0.4, 0.5) is 5.69 Å². The third kappa shape index (κ3) is 5.52. The van der Waals surface area contributed by atoms with E-state index in [9.17, 15) is 9.59 Å². The first-order chi connectivity index (χ1) is 10.5. The van der Waals surface area contributed by atoms with E-state index in [1.165, 1.54) is 0 Å². The number of carbonyl (C=O) groups excluding carboxylic acids is 2. The molecule has 1 fully saturated rings. The highest BCUT2D eigenvalue weighted by atomic mass is 35.5. The zero-order valence-corrected chi connectivity index (χ0v) is 14.6. The second-order valence-electron chi connectivity index (χ2n) is 6.10. The average Bonchev–Trinajstić information content (AvgIpc) is 2.48. The zero-order valence-electron chi connectivity index (χ0n) is 13.7. The number of hydrogen-bond donors (Lipinski definition) is 2. The highest BCUT2D eigenvalue weighted by Crippen LogP contribution is 2.21. The SMILES string of the molecule is Cc1ccc(N2CCCC(NC(=O)CCC(C)N)C2=O)cc1.Cl. The second-order valence-corrected chi connectivity index (χ2v) is 6.10. The van der Waals surface area contributed by atoms with Crippen molar-refractivity contribution >= 4 is 29.9 Å². The van der Waals surface area contributed by atoms with Crippen molar-refractivity contribution in [1.82, 2.24) is 5.32 Å². The molecule has 3 N–H and O–H groups in total. The number of benzene rings is 1. The number of nitrogens with two attached hydrogens (primary N) is 1. The minimum absolute atomic E-state index is 0. The molecule has 2 rings (SSSR count). The monoisotopic (exact) mass is 339 g/mol. The van der Waals surface area contributed by atoms with E-state index in [-0.39, 0.29) is 30.3 Å². The molecule has 6 heteroatoms. The normalized spacial score (nSPS) is 19.0. The molecule has 1 saturated heterocycles. The lowest BCUT2D eigenvalue weighted by molar-refractivity contribution is -0.128. The third-order valence-corrected chi connectivity index (χ3v) is 3.95. The first-order valence-corrected chi connectivity index (χ1v) is 7.90. The molecule has 1 aliphatic heterocycles. The number of anilines is 1. The summed E-state index contributed by atoms with van der Waals surface area (Å²) in [5, 5.41) is 2.85. The van der Waals surface area contributed by atoms with Crippen LogP contribution in [-0.4, -0.2) is 30.4 Å². The number of carbonyl (C=O) groups is 2. The molecule has 0 aliphatic carbocycles. The van der Waals surface area contributed by atoms with Crippen LogP contribution < -0.4 is 16.0 Å². The molecule has 0 aromatic heterocycles. The lowest BCUT2D eigenvalue weighted by Crippen LogP contribution is -2.52. The predicted molar refractivity (Wildman–Crippen MR) is 94.8 cm³/mol. The molecule has 1 aromatic rings. The molecule has 128 valence electrons. The first-order valence-electron chi connectivity index (χ1n) is 7.90. The summed E-state index contributed by atoms with van der Waals surface area (Å²) in [5.74, 6) is -0.120. The van der Waals surface area contributed by atoms with Crippen LogP contribution in [0.15, 0.2) is 24.3 Å². The number of amides is 2. The maximum Gasteiger partial charge on any atom is 0.249 e. The minimum Gasteiger partial charge on any atom is -0.344 e. The van der Waals surface area contributed by atoms with Crippen LogP contribution in [-0.2, 0) is 9.59 Å². The van der Waals surface area contributed by atoms with Crippen LogP contribution >= 0.6 is 12.4 Å². The van der Waals surface area contributed by atoms with Gasteiger partial charge in [-0.05, 0) is 45.2 Å². The molecule has 2 atom stereocenters. The van der Waals surface area contributed by atoms with E-state index in [0.717, 1.165) is 17.7 Å². The van der Waals surface area contributed by atoms with Gasteiger partial charge >= 0.3 is 0 Å². The zero-order chi connectivity index (χ0) is 16.1. The maximum absolute atomic E-state index is 12.6. The van der Waals surface area contributed by atoms with Gasteiger partial charge in [-0.15, -0.1) is 12.4 Å². The van der Waals surface area contributed by atoms with Crippen molar-refractivity contribution in [2.24, 2.45) is 5.73 Å². The Hall–Kier alpha value is -1.59. The molecule has 0 radical (unpaired) electrons. The van der Waals surface area contributed by atoms with Crippen molar-refractivity contribution in [2.45, 2.75) is 51.6 Å². The fourth-order valence-corrected chi connectivity index (χ4v) is 2.62. The fraction of sp³-hybridized carbons (Fsp3) is 0.529. The fourth-order valence-electron chi connectivity index (χ4n) is 2.62. The van der Waals surface area contributed by atoms with Crippen LogP contribution in [0.2, 0.25) is 0 Å². The standard InChI is InChI=1S/C17H25N3O2.ClH/c1-12-5-8-14(9-6-12)20-11-3-4-15(17(20)22)19-16(21)10-7-13(2)18;/h5-6,8-9,13,15H,3-4,7,10-11,18H2,1-2H3,(H,19,21);1H. The Labute approximate surface area is 144 Å². The summed E-state index contributed by atoms with van der Waals surface area (Å²) < 4.78 is 0. The lowest BCUT2D eigenvalue weighted by atomic mass is 10.0. The van der Waals surface area contributed by atoms with Gasteiger partial charge in [0.25, 0.3) is 0 Å². The van der Waals surface area contributed by atoms with E-state index in [1.807, 2.05) is 38.1 Å². The highest BCUT2D eigenvalue weighted by molar-refractivity contribution is 5.99. The number of aryl methyl sites for hydroxylation is 1. The molecule has 0 bridgehead atoms. The summed E-state index contributed by atoms with van der Waals surface area (Å²) in [6.07, 6.45) is 2.59. The summed E-state index contributed by atoms with van der Waals surface area (Å²) in [6.45, 7) is 4.59. The van der Waals surface area contributed by atoms with E-state index in [1.54, 1.807) is 4.90 Å². The Bertz CT molecular complexity index is 531. The molecule has 0 spiro atoms. The van der Waals surface area contributed by atoms with Crippen molar-refractivity contribution < 1.29 is 9.59 Å². The largest absolute Gasteiger partial charge is 0.344 e. The smallest absolute Gasteiger partial charge is 0.249 e. The molecular formula is C17H26ClN3O2. The molecule has 1 heterocycles. The number of rotatable bonds is 5. The molecule has 0 saturated carbocycles. The van der Waals surface area contributed by atoms with Gasteiger partial charge in [-0.1, -0.05) is 17.7 Å². The second kappa shape index (κ2) is 8.89. The van der Waals surface area contributed by atoms with Gasteiger partial charge in [0.05, 0.1) is 0 Å². The summed E-state index contributed by atoms with van der Waals surface area (Å²) in [4.78, 5) is 26.2. The maximum atomic E-state index is 12.6. The topological polar surface area (TPSA) is 75.4 Å². The van der Waals surface area contributed by atoms with Gasteiger partial charge in [0.15, 0.2) is 0 Å². The van der Waals surface area contributed by atoms with Crippen LogP contribution in [0, 0.1) is 6.92 Å². The third-order valence-electron chi connectivity index (χ3n) is 3.95. The quantitative estimate of drug-likeness (QED) is 0.863. The first kappa shape index (κ1) is 19.5. The van der Waals surface area contributed by atoms with Gasteiger partial charge in [-0.25, -0.2) is 0 Å². The molecule has 1 aromatic carbocycles. The Morgan fingerprint density at radius 1 is 1.39 bits per heavy atom. The van der Waals surface area contributed by atoms with Gasteiger partial charge in [0, 0.05) is 24.7 Å². The van der Waals surface area contributed by atoms with E-state index in [2.05, 4.69) is 5.32 Å². The van der Waals surface area contributed by atoms with Crippen molar-refractivity contribution in [2.75, 3.05) is 11.4 Å². The van der Waals surface area contributed by atoms with Crippen molar-refractivity contribution in [3.05, 3.63) is 29.8 Å². The number of halogens is 1. The van der Waals surface area contributed by atoms with Gasteiger partial charge in [-0.2, -0.15) is 0 Å². The summed E-state index contributed by atoms with van der Waals surface area (Å²) in [6, 6.07) is 7.47. The van der Waals surface area contributed by atoms with Gasteiger partial charge in [0.2, 0.25) is 11.8 Å². The van der Waals surface area contributed by atoms with E-state index >= 15 is 0 Å². The molecule has 2 amide bonds. The summed E-state index contributed by atoms with van der Waals surface area (Å²) >= 11 is 0. The Balaban J connectivity index is 0.00000264. The van der Waals surface area contributed by atoms with Gasteiger partial charge in [-0.3, -0.25) is 9.59 Å². The Morgan fingerprint density at radius 2 is 2.04 bits per heavy atom. The summed E-state index contributed by atoms with van der Waals surface area (Å²) in [7, 11) is 0. The van der Waals surface area contributed by atoms with Crippen LogP contribution in [0.3, 0.4) is 0 Å². The number of nitrogens with zero attached hydrogens (tertiary/aromatic N) is 1. The van der Waals surface area contributed by atoms with E-state index < -0.39 is 6.04 Å². The van der Waals surface area contributed by atoms with E-state index in [4.69, 9.17) is 5.73 Å². The predicted octanol–water partition coefficient (Wildman–Crippen LogP) is 2.16. The van der Waals surface area contributed by atoms with Crippen molar-refractivity contribution in [3.63, 3.8) is 0 Å². The average molecular weight is 340 g/mol. The number of nitrogens with one attached hydrogen (secondary N) is 1. The van der Waals surface area contributed by atoms with E-state index in [0.29, 0.717) is 25.8 Å². The number of piperidine rings is 1. The molecule has 2 unspecified atom stereocenters. The Morgan fingerprint density at radius 3 is 2.65 bits per heavy atom. The van der Waals surface area contributed by atoms with Crippen LogP contribution in [0.5, 0.6) is 0 Å². The summed E-state index contributed by atoms with van der Waals surface area (Å²) in [5.41, 5.74) is 7.71. The molecule has 1 aliphatic rings. The van der Waals surface area contributed by atoms with Crippen LogP contribution in [0.1, 0.15) is 38.2 Å². The van der Waals surface area contributed by atoms with Crippen LogP contribution in [0.25, 0.3) is 0 Å². The van der Waals surface area contributed by atoms with Gasteiger partial charge < -0.3 is 16.0 Å². The van der Waals surface area contributed by atoms with Crippen molar-refractivity contribution in [1.29, 1.82) is 0 Å². The van der Waals surface area contributed by atoms with Gasteiger partial charge in [0.1, 0.15) is 6.04 Å². The minimum atomic E-state index is -0.421. The Kier molecular flexibility index (Phi) is 7.52. The van der Waals surface area contributed by atoms with Crippen molar-refractivity contribution in [3.8, 4) is 0 Å². The number of hydrogen-bond acceptors (Lipinski definition) is 3. The molecule has 5 nitrogen and oxygen atoms in total. The lowest BCUT2D eigenvalue weighted by Gasteiger charge is -2.32. The highest BCUT2D eigenvalue weighted by Gasteiger charge is 2.30. The molecular weight excluding hydrogens is 314 g/mol.